The standard InChI is InChI=1S/C17H15N3O2/c21-17(12-4-3-8-20(22)10-12)19-9-7-16-14(11-19)13-5-1-2-6-15(13)18-16/h1-6,8,10,18H,7,9,11H2. The lowest BCUT2D eigenvalue weighted by Crippen LogP contribution is -2.37. The molecule has 1 N–H and O–H groups in total. The van der Waals surface area contributed by atoms with Crippen LogP contribution >= 0.6 is 0 Å². The van der Waals surface area contributed by atoms with Gasteiger partial charge in [0.05, 0.1) is 0 Å². The monoisotopic (exact) mass is 293 g/mol. The van der Waals surface area contributed by atoms with E-state index in [2.05, 4.69) is 17.1 Å². The summed E-state index contributed by atoms with van der Waals surface area (Å²) in [6.45, 7) is 1.23. The van der Waals surface area contributed by atoms with Crippen LogP contribution in [0.3, 0.4) is 0 Å². The molecule has 1 amide bonds. The second kappa shape index (κ2) is 4.87. The highest BCUT2D eigenvalue weighted by atomic mass is 16.5. The van der Waals surface area contributed by atoms with E-state index in [4.69, 9.17) is 0 Å². The lowest BCUT2D eigenvalue weighted by atomic mass is 10.0. The molecule has 0 fully saturated rings. The number of fused-ring (bicyclic) bond motifs is 3. The number of nitrogens with zero attached hydrogens (tertiary/aromatic N) is 2. The number of aromatic amines is 1. The number of aromatic nitrogens is 2. The molecule has 1 aliphatic heterocycles. The van der Waals surface area contributed by atoms with Crippen LogP contribution in [-0.2, 0) is 13.0 Å². The van der Waals surface area contributed by atoms with Crippen LogP contribution in [0.4, 0.5) is 0 Å². The van der Waals surface area contributed by atoms with E-state index < -0.39 is 0 Å². The van der Waals surface area contributed by atoms with Crippen LogP contribution in [0.5, 0.6) is 0 Å². The number of para-hydroxylation sites is 1. The SMILES string of the molecule is O=C(c1ccc[n+]([O-])c1)N1CCc2[nH]c3ccccc3c2C1. The normalized spacial score (nSPS) is 14.1. The Morgan fingerprint density at radius 3 is 2.95 bits per heavy atom. The third-order valence-electron chi connectivity index (χ3n) is 4.19. The van der Waals surface area contributed by atoms with E-state index in [0.29, 0.717) is 23.4 Å². The number of rotatable bonds is 1. The van der Waals surface area contributed by atoms with Gasteiger partial charge in [0.15, 0.2) is 12.4 Å². The minimum absolute atomic E-state index is 0.0962. The molecular weight excluding hydrogens is 278 g/mol. The largest absolute Gasteiger partial charge is 0.619 e. The van der Waals surface area contributed by atoms with Crippen molar-refractivity contribution < 1.29 is 9.52 Å². The van der Waals surface area contributed by atoms with Crippen LogP contribution in [0, 0.1) is 5.21 Å². The first-order valence-corrected chi connectivity index (χ1v) is 7.29. The van der Waals surface area contributed by atoms with Crippen LogP contribution in [0.1, 0.15) is 21.6 Å². The van der Waals surface area contributed by atoms with Crippen LogP contribution in [0.15, 0.2) is 48.8 Å². The highest BCUT2D eigenvalue weighted by molar-refractivity contribution is 5.94. The summed E-state index contributed by atoms with van der Waals surface area (Å²) in [6.07, 6.45) is 3.51. The molecule has 0 spiro atoms. The molecule has 1 aliphatic rings. The number of pyridine rings is 1. The highest BCUT2D eigenvalue weighted by Crippen LogP contribution is 2.28. The van der Waals surface area contributed by atoms with Crippen LogP contribution < -0.4 is 4.73 Å². The van der Waals surface area contributed by atoms with E-state index in [-0.39, 0.29) is 5.91 Å². The van der Waals surface area contributed by atoms with Gasteiger partial charge in [-0.25, -0.2) is 0 Å². The fourth-order valence-corrected chi connectivity index (χ4v) is 3.10. The van der Waals surface area contributed by atoms with E-state index in [1.807, 2.05) is 12.1 Å². The van der Waals surface area contributed by atoms with Gasteiger partial charge in [0, 0.05) is 47.7 Å². The number of hydrogen-bond donors (Lipinski definition) is 1. The van der Waals surface area contributed by atoms with Gasteiger partial charge in [-0.1, -0.05) is 18.2 Å². The zero-order valence-electron chi connectivity index (χ0n) is 12.0. The quantitative estimate of drug-likeness (QED) is 0.551. The first kappa shape index (κ1) is 12.9. The average molecular weight is 293 g/mol. The fourth-order valence-electron chi connectivity index (χ4n) is 3.10. The summed E-state index contributed by atoms with van der Waals surface area (Å²) in [7, 11) is 0. The highest BCUT2D eigenvalue weighted by Gasteiger charge is 2.25. The van der Waals surface area contributed by atoms with E-state index in [1.165, 1.54) is 29.0 Å². The van der Waals surface area contributed by atoms with Crippen molar-refractivity contribution in [2.45, 2.75) is 13.0 Å². The molecule has 0 saturated heterocycles. The van der Waals surface area contributed by atoms with Crippen molar-refractivity contribution >= 4 is 16.8 Å². The fraction of sp³-hybridized carbons (Fsp3) is 0.176. The van der Waals surface area contributed by atoms with Crippen molar-refractivity contribution in [2.24, 2.45) is 0 Å². The summed E-state index contributed by atoms with van der Waals surface area (Å²) in [5.41, 5.74) is 3.93. The number of carbonyl (C=O) groups excluding carboxylic acids is 1. The molecule has 3 heterocycles. The van der Waals surface area contributed by atoms with Crippen molar-refractivity contribution in [3.8, 4) is 0 Å². The van der Waals surface area contributed by atoms with Gasteiger partial charge in [-0.3, -0.25) is 4.79 Å². The molecule has 2 aromatic heterocycles. The zero-order chi connectivity index (χ0) is 15.1. The van der Waals surface area contributed by atoms with Crippen LogP contribution in [0.25, 0.3) is 10.9 Å². The van der Waals surface area contributed by atoms with E-state index in [0.717, 1.165) is 11.9 Å². The Balaban J connectivity index is 1.68. The predicted molar refractivity (Wildman–Crippen MR) is 82.1 cm³/mol. The van der Waals surface area contributed by atoms with Crippen molar-refractivity contribution in [1.82, 2.24) is 9.88 Å². The number of hydrogen-bond acceptors (Lipinski definition) is 2. The summed E-state index contributed by atoms with van der Waals surface area (Å²) < 4.78 is 0.661. The van der Waals surface area contributed by atoms with Gasteiger partial charge in [0.1, 0.15) is 5.56 Å². The van der Waals surface area contributed by atoms with Gasteiger partial charge in [-0.2, -0.15) is 4.73 Å². The Kier molecular flexibility index (Phi) is 2.85. The molecule has 0 bridgehead atoms. The number of nitrogens with one attached hydrogen (secondary N) is 1. The summed E-state index contributed by atoms with van der Waals surface area (Å²) in [6, 6.07) is 11.4. The Morgan fingerprint density at radius 2 is 2.09 bits per heavy atom. The van der Waals surface area contributed by atoms with Gasteiger partial charge in [0.2, 0.25) is 0 Å². The topological polar surface area (TPSA) is 63.0 Å². The zero-order valence-corrected chi connectivity index (χ0v) is 12.0. The van der Waals surface area contributed by atoms with Gasteiger partial charge in [-0.15, -0.1) is 0 Å². The molecule has 22 heavy (non-hydrogen) atoms. The van der Waals surface area contributed by atoms with Gasteiger partial charge in [0.25, 0.3) is 5.91 Å². The van der Waals surface area contributed by atoms with Crippen LogP contribution in [0.2, 0.25) is 0 Å². The van der Waals surface area contributed by atoms with Crippen molar-refractivity contribution in [3.63, 3.8) is 0 Å². The second-order valence-corrected chi connectivity index (χ2v) is 5.56. The molecule has 0 saturated carbocycles. The third-order valence-corrected chi connectivity index (χ3v) is 4.19. The van der Waals surface area contributed by atoms with E-state index in [9.17, 15) is 10.0 Å². The van der Waals surface area contributed by atoms with Gasteiger partial charge in [-0.05, 0) is 12.1 Å². The van der Waals surface area contributed by atoms with Gasteiger partial charge < -0.3 is 15.1 Å². The van der Waals surface area contributed by atoms with Crippen molar-refractivity contribution in [3.05, 3.63) is 70.8 Å². The second-order valence-electron chi connectivity index (χ2n) is 5.56. The van der Waals surface area contributed by atoms with Crippen LogP contribution in [-0.4, -0.2) is 22.3 Å². The lowest BCUT2D eigenvalue weighted by molar-refractivity contribution is -0.605. The molecule has 1 aromatic carbocycles. The average Bonchev–Trinajstić information content (AvgIpc) is 2.92. The molecule has 110 valence electrons. The minimum Gasteiger partial charge on any atom is -0.619 e. The molecule has 0 radical (unpaired) electrons. The molecule has 4 rings (SSSR count). The Hall–Kier alpha value is -2.82. The van der Waals surface area contributed by atoms with Gasteiger partial charge >= 0.3 is 0 Å². The van der Waals surface area contributed by atoms with Crippen molar-refractivity contribution in [1.29, 1.82) is 0 Å². The smallest absolute Gasteiger partial charge is 0.260 e. The number of benzene rings is 1. The first-order valence-electron chi connectivity index (χ1n) is 7.29. The summed E-state index contributed by atoms with van der Waals surface area (Å²) >= 11 is 0. The number of H-pyrrole nitrogens is 1. The Bertz CT molecular complexity index is 869. The molecule has 3 aromatic rings. The van der Waals surface area contributed by atoms with E-state index in [1.54, 1.807) is 17.0 Å². The van der Waals surface area contributed by atoms with E-state index >= 15 is 0 Å². The molecule has 0 unspecified atom stereocenters. The number of carbonyl (C=O) groups is 1. The molecule has 5 heteroatoms. The first-order chi connectivity index (χ1) is 10.7. The minimum atomic E-state index is -0.0962. The third kappa shape index (κ3) is 2.02. The maximum atomic E-state index is 12.6. The predicted octanol–water partition coefficient (Wildman–Crippen LogP) is 2.00. The Morgan fingerprint density at radius 1 is 1.23 bits per heavy atom. The Labute approximate surface area is 127 Å². The molecule has 0 aliphatic carbocycles. The maximum absolute atomic E-state index is 12.6. The summed E-state index contributed by atoms with van der Waals surface area (Å²) in [4.78, 5) is 17.8. The summed E-state index contributed by atoms with van der Waals surface area (Å²) in [5.74, 6) is -0.0962. The lowest BCUT2D eigenvalue weighted by Gasteiger charge is -2.27. The molecular formula is C17H15N3O2. The summed E-state index contributed by atoms with van der Waals surface area (Å²) in [5, 5.41) is 12.5. The maximum Gasteiger partial charge on any atom is 0.260 e. The van der Waals surface area contributed by atoms with Crippen molar-refractivity contribution in [2.75, 3.05) is 6.54 Å². The number of amides is 1. The molecule has 0 atom stereocenters. The molecule has 5 nitrogen and oxygen atoms in total.